The van der Waals surface area contributed by atoms with E-state index in [-0.39, 0.29) is 71.3 Å². The highest BCUT2D eigenvalue weighted by Gasteiger charge is 2.68. The number of hydrogen-bond acceptors (Lipinski definition) is 14. The molecule has 7 aliphatic rings. The van der Waals surface area contributed by atoms with E-state index in [0.29, 0.717) is 64.5 Å². The summed E-state index contributed by atoms with van der Waals surface area (Å²) in [6, 6.07) is 7.50. The number of amides is 10. The molecule has 8 atom stereocenters. The van der Waals surface area contributed by atoms with Gasteiger partial charge in [0.05, 0.1) is 48.4 Å². The molecule has 92 heavy (non-hydrogen) atoms. The van der Waals surface area contributed by atoms with Gasteiger partial charge in [-0.3, -0.25) is 62.6 Å². The van der Waals surface area contributed by atoms with E-state index >= 15 is 0 Å². The summed E-state index contributed by atoms with van der Waals surface area (Å²) in [6.07, 6.45) is 40.4. The van der Waals surface area contributed by atoms with Crippen LogP contribution in [0.2, 0.25) is 0 Å². The standard InChI is InChI=1S/2C19H28N2O4.2C14H23NO2.C5H5NO2/c2*1-3-4-5-6-7-12-20-14(22)9-11-19-10-8-13(25-19)15-16(19)18(24)21(2)17(15)23;2*1-2-3-4-5-6-11-15-14(16)10-9-13-8-7-12-17-13;1-6-4(7)2-3-5(6)8/h2*8,10,13,15-16H,3-7,9,11-12H2,1-2H3,(H,20,22);2*7-8,12H,2-6,9-11H2,1H3,(H,15,16);2-3H,1H3. The topological polar surface area (TPSA) is 273 Å². The Kier molecular flexibility index (Phi) is 33.1. The molecule has 0 aromatic carbocycles. The number of carbonyl (C=O) groups is 10. The second-order valence-corrected chi connectivity index (χ2v) is 25.1. The molecular weight excluding hydrogens is 1170 g/mol. The fourth-order valence-electron chi connectivity index (χ4n) is 12.5. The lowest BCUT2D eigenvalue weighted by Crippen LogP contribution is -2.40. The zero-order chi connectivity index (χ0) is 66.9. The number of ether oxygens (including phenoxy) is 2. The van der Waals surface area contributed by atoms with Gasteiger partial charge in [-0.05, 0) is 62.8 Å². The molecule has 21 heteroatoms. The number of likely N-dealkylation sites (N-methyl/N-ethyl adjacent to an activating group) is 1. The number of unbranched alkanes of at least 4 members (excludes halogenated alkanes) is 16. The third-order valence-electron chi connectivity index (χ3n) is 18.0. The van der Waals surface area contributed by atoms with Gasteiger partial charge in [-0.15, -0.1) is 0 Å². The lowest BCUT2D eigenvalue weighted by Gasteiger charge is -2.28. The van der Waals surface area contributed by atoms with Crippen molar-refractivity contribution < 1.29 is 66.3 Å². The quantitative estimate of drug-likeness (QED) is 0.0281. The van der Waals surface area contributed by atoms with Gasteiger partial charge in [-0.25, -0.2) is 0 Å². The first-order valence-corrected chi connectivity index (χ1v) is 34.4. The van der Waals surface area contributed by atoms with Crippen molar-refractivity contribution in [2.75, 3.05) is 47.3 Å². The molecule has 510 valence electrons. The van der Waals surface area contributed by atoms with Crippen molar-refractivity contribution in [3.63, 3.8) is 0 Å². The second-order valence-electron chi connectivity index (χ2n) is 25.1. The van der Waals surface area contributed by atoms with Gasteiger partial charge in [-0.2, -0.15) is 0 Å². The van der Waals surface area contributed by atoms with Crippen LogP contribution in [0.15, 0.2) is 82.1 Å². The molecule has 10 amide bonds. The minimum Gasteiger partial charge on any atom is -0.469 e. The van der Waals surface area contributed by atoms with E-state index in [2.05, 4.69) is 49.0 Å². The Balaban J connectivity index is 0.000000217. The van der Waals surface area contributed by atoms with Crippen molar-refractivity contribution in [2.24, 2.45) is 23.7 Å². The molecule has 9 rings (SSSR count). The molecule has 2 aromatic heterocycles. The molecule has 4 N–H and O–H groups in total. The van der Waals surface area contributed by atoms with Crippen LogP contribution in [0.1, 0.15) is 206 Å². The van der Waals surface area contributed by atoms with Crippen LogP contribution >= 0.6 is 0 Å². The van der Waals surface area contributed by atoms with Gasteiger partial charge in [0.15, 0.2) is 0 Å². The van der Waals surface area contributed by atoms with Crippen LogP contribution in [0.4, 0.5) is 0 Å². The van der Waals surface area contributed by atoms with Gasteiger partial charge in [0.2, 0.25) is 47.3 Å². The van der Waals surface area contributed by atoms with E-state index in [1.54, 1.807) is 12.5 Å². The molecule has 2 aromatic rings. The molecular formula is C71H107N7O14. The summed E-state index contributed by atoms with van der Waals surface area (Å²) in [5.41, 5.74) is -1.57. The van der Waals surface area contributed by atoms with Crippen molar-refractivity contribution in [1.82, 2.24) is 36.0 Å². The fourth-order valence-corrected chi connectivity index (χ4v) is 12.5. The predicted molar refractivity (Wildman–Crippen MR) is 350 cm³/mol. The summed E-state index contributed by atoms with van der Waals surface area (Å²) in [6.45, 7) is 11.8. The first-order chi connectivity index (χ1) is 44.4. The number of fused-ring (bicyclic) bond motifs is 10. The lowest BCUT2D eigenvalue weighted by atomic mass is 9.75. The van der Waals surface area contributed by atoms with Crippen molar-refractivity contribution in [3.8, 4) is 0 Å². The Morgan fingerprint density at radius 1 is 0.424 bits per heavy atom. The number of aryl methyl sites for hydroxylation is 2. The zero-order valence-corrected chi connectivity index (χ0v) is 56.1. The highest BCUT2D eigenvalue weighted by atomic mass is 16.5. The maximum atomic E-state index is 12.4. The van der Waals surface area contributed by atoms with Crippen molar-refractivity contribution in [1.29, 1.82) is 0 Å². The average molecular weight is 1280 g/mol. The van der Waals surface area contributed by atoms with E-state index in [9.17, 15) is 47.9 Å². The lowest BCUT2D eigenvalue weighted by molar-refractivity contribution is -0.144. The molecule has 4 bridgehead atoms. The second kappa shape index (κ2) is 40.2. The van der Waals surface area contributed by atoms with Crippen LogP contribution in [0.3, 0.4) is 0 Å². The Hall–Kier alpha value is -7.00. The number of likely N-dealkylation sites (tertiary alicyclic amines) is 2. The fraction of sp³-hybridized carbons (Fsp3) is 0.662. The third-order valence-corrected chi connectivity index (χ3v) is 18.0. The van der Waals surface area contributed by atoms with Crippen LogP contribution < -0.4 is 21.3 Å². The normalized spacial score (nSPS) is 23.1. The summed E-state index contributed by atoms with van der Waals surface area (Å²) in [4.78, 5) is 121. The Labute approximate surface area is 545 Å². The van der Waals surface area contributed by atoms with Gasteiger partial charge in [0.1, 0.15) is 22.7 Å². The largest absolute Gasteiger partial charge is 0.469 e. The first kappa shape index (κ1) is 75.7. The molecule has 0 radical (unpaired) electrons. The minimum absolute atomic E-state index is 0.0149. The molecule has 9 heterocycles. The van der Waals surface area contributed by atoms with Crippen molar-refractivity contribution >= 4 is 59.1 Å². The SMILES string of the molecule is CCCCCCCNC(=O)CCC12C=CC(O1)C1C(=O)N(C)C(=O)C12.CCCCCCCNC(=O)CCC12C=CC(O1)C1C(=O)N(C)C(=O)C12.CCCCCCCNC(=O)CCc1ccco1.CCCCCCCNC(=O)CCc1ccco1.CN1C(=O)C=CC1=O. The summed E-state index contributed by atoms with van der Waals surface area (Å²) in [5, 5.41) is 11.8. The summed E-state index contributed by atoms with van der Waals surface area (Å²) in [5.74, 6) is -0.971. The molecule has 21 nitrogen and oxygen atoms in total. The summed E-state index contributed by atoms with van der Waals surface area (Å²) < 4.78 is 22.3. The molecule has 4 saturated heterocycles. The van der Waals surface area contributed by atoms with Gasteiger partial charge >= 0.3 is 0 Å². The van der Waals surface area contributed by atoms with Crippen molar-refractivity contribution in [3.05, 3.63) is 84.8 Å². The van der Waals surface area contributed by atoms with Gasteiger partial charge in [-0.1, -0.05) is 155 Å². The molecule has 0 aliphatic carbocycles. The Morgan fingerprint density at radius 3 is 1.02 bits per heavy atom. The Morgan fingerprint density at radius 2 is 0.739 bits per heavy atom. The van der Waals surface area contributed by atoms with Crippen LogP contribution in [-0.4, -0.2) is 145 Å². The van der Waals surface area contributed by atoms with Crippen LogP contribution in [-0.2, 0) is 70.3 Å². The van der Waals surface area contributed by atoms with Gasteiger partial charge in [0, 0.05) is 98.0 Å². The number of imide groups is 3. The summed E-state index contributed by atoms with van der Waals surface area (Å²) in [7, 11) is 4.51. The highest BCUT2D eigenvalue weighted by Crippen LogP contribution is 2.54. The van der Waals surface area contributed by atoms with Gasteiger partial charge in [0.25, 0.3) is 11.8 Å². The minimum atomic E-state index is -0.786. The van der Waals surface area contributed by atoms with Gasteiger partial charge < -0.3 is 39.6 Å². The van der Waals surface area contributed by atoms with Crippen LogP contribution in [0.25, 0.3) is 0 Å². The van der Waals surface area contributed by atoms with E-state index in [1.807, 2.05) is 48.6 Å². The molecule has 8 unspecified atom stereocenters. The predicted octanol–water partition coefficient (Wildman–Crippen LogP) is 9.72. The molecule has 0 saturated carbocycles. The molecule has 7 aliphatic heterocycles. The third kappa shape index (κ3) is 22.9. The average Bonchev–Trinajstić information content (AvgIpc) is 1.56. The number of rotatable bonds is 36. The summed E-state index contributed by atoms with van der Waals surface area (Å²) >= 11 is 0. The number of furan rings is 2. The molecule has 0 spiro atoms. The number of nitrogens with zero attached hydrogens (tertiary/aromatic N) is 3. The first-order valence-electron chi connectivity index (χ1n) is 34.4. The smallest absolute Gasteiger partial charge is 0.253 e. The van der Waals surface area contributed by atoms with Crippen LogP contribution in [0, 0.1) is 23.7 Å². The monoisotopic (exact) mass is 1280 g/mol. The van der Waals surface area contributed by atoms with E-state index < -0.39 is 34.9 Å². The maximum Gasteiger partial charge on any atom is 0.253 e. The van der Waals surface area contributed by atoms with E-state index in [4.69, 9.17) is 18.3 Å². The number of nitrogens with one attached hydrogen (secondary N) is 4. The zero-order valence-electron chi connectivity index (χ0n) is 56.1. The highest BCUT2D eigenvalue weighted by molar-refractivity contribution is 6.12. The molecule has 4 fully saturated rings. The Bertz CT molecular complexity index is 2580. The maximum absolute atomic E-state index is 12.4. The number of hydrogen-bond donors (Lipinski definition) is 4. The van der Waals surface area contributed by atoms with E-state index in [0.717, 1.165) is 68.0 Å². The van der Waals surface area contributed by atoms with Crippen LogP contribution in [0.5, 0.6) is 0 Å². The number of carbonyl (C=O) groups excluding carboxylic acids is 10. The van der Waals surface area contributed by atoms with Crippen molar-refractivity contribution in [2.45, 2.75) is 231 Å². The van der Waals surface area contributed by atoms with E-state index in [1.165, 1.54) is 133 Å².